The van der Waals surface area contributed by atoms with Gasteiger partial charge in [-0.1, -0.05) is 6.08 Å². The zero-order chi connectivity index (χ0) is 14.8. The Morgan fingerprint density at radius 3 is 2.42 bits per heavy atom. The van der Waals surface area contributed by atoms with Crippen LogP contribution in [0.2, 0.25) is 0 Å². The summed E-state index contributed by atoms with van der Waals surface area (Å²) in [5.74, 6) is -1.16. The molecule has 19 heavy (non-hydrogen) atoms. The summed E-state index contributed by atoms with van der Waals surface area (Å²) >= 11 is 0. The van der Waals surface area contributed by atoms with Gasteiger partial charge in [-0.3, -0.25) is 0 Å². The fourth-order valence-electron chi connectivity index (χ4n) is 1.56. The summed E-state index contributed by atoms with van der Waals surface area (Å²) in [5, 5.41) is 9.07. The maximum atomic E-state index is 12.0. The highest BCUT2D eigenvalue weighted by Crippen LogP contribution is 2.19. The summed E-state index contributed by atoms with van der Waals surface area (Å²) in [5.41, 5.74) is -0.0540. The molecule has 0 aliphatic carbocycles. The largest absolute Gasteiger partial charge is 0.477 e. The molecular weight excluding hydrogens is 268 g/mol. The van der Waals surface area contributed by atoms with Crippen molar-refractivity contribution in [2.24, 2.45) is 0 Å². The minimum Gasteiger partial charge on any atom is -0.477 e. The van der Waals surface area contributed by atoms with Gasteiger partial charge in [-0.15, -0.1) is 6.58 Å². The van der Waals surface area contributed by atoms with Gasteiger partial charge < -0.3 is 9.67 Å². The first-order valence-electron chi connectivity index (χ1n) is 5.79. The van der Waals surface area contributed by atoms with E-state index in [4.69, 9.17) is 5.11 Å². The smallest absolute Gasteiger partial charge is 0.352 e. The monoisotopic (exact) mass is 286 g/mol. The highest BCUT2D eigenvalue weighted by molar-refractivity contribution is 7.89. The third kappa shape index (κ3) is 3.45. The van der Waals surface area contributed by atoms with Crippen molar-refractivity contribution in [2.45, 2.75) is 37.8 Å². The Bertz CT molecular complexity index is 587. The van der Waals surface area contributed by atoms with Gasteiger partial charge in [0.1, 0.15) is 10.6 Å². The average Bonchev–Trinajstić information content (AvgIpc) is 2.73. The van der Waals surface area contributed by atoms with Gasteiger partial charge in [-0.2, -0.15) is 0 Å². The van der Waals surface area contributed by atoms with Gasteiger partial charge in [0.25, 0.3) is 0 Å². The summed E-state index contributed by atoms with van der Waals surface area (Å²) < 4.78 is 27.9. The van der Waals surface area contributed by atoms with Crippen LogP contribution in [-0.2, 0) is 10.0 Å². The van der Waals surface area contributed by atoms with Crippen LogP contribution in [0.3, 0.4) is 0 Å². The maximum absolute atomic E-state index is 12.0. The summed E-state index contributed by atoms with van der Waals surface area (Å²) in [6.07, 6.45) is 2.78. The topological polar surface area (TPSA) is 88.4 Å². The molecule has 0 aromatic carbocycles. The number of carboxylic acids is 1. The lowest BCUT2D eigenvalue weighted by molar-refractivity contribution is 0.0683. The van der Waals surface area contributed by atoms with E-state index in [1.807, 2.05) is 0 Å². The number of hydrogen-bond donors (Lipinski definition) is 2. The van der Waals surface area contributed by atoms with E-state index in [0.717, 1.165) is 6.07 Å². The molecule has 1 aromatic rings. The van der Waals surface area contributed by atoms with Crippen LogP contribution in [0.4, 0.5) is 0 Å². The first kappa shape index (κ1) is 15.5. The van der Waals surface area contributed by atoms with Gasteiger partial charge in [0.05, 0.1) is 0 Å². The van der Waals surface area contributed by atoms with Crippen molar-refractivity contribution in [2.75, 3.05) is 0 Å². The van der Waals surface area contributed by atoms with Crippen LogP contribution in [0.1, 0.15) is 37.3 Å². The zero-order valence-electron chi connectivity index (χ0n) is 11.1. The third-order valence-electron chi connectivity index (χ3n) is 2.60. The Morgan fingerprint density at radius 2 is 2.05 bits per heavy atom. The Kier molecular flexibility index (Phi) is 4.54. The molecule has 1 atom stereocenters. The van der Waals surface area contributed by atoms with Gasteiger partial charge in [-0.05, 0) is 26.8 Å². The molecule has 0 bridgehead atoms. The van der Waals surface area contributed by atoms with Gasteiger partial charge >= 0.3 is 5.97 Å². The second-order valence-corrected chi connectivity index (χ2v) is 6.23. The van der Waals surface area contributed by atoms with Gasteiger partial charge in [-0.25, -0.2) is 17.9 Å². The molecule has 1 rings (SSSR count). The van der Waals surface area contributed by atoms with Crippen LogP contribution in [0.15, 0.2) is 29.8 Å². The molecule has 0 saturated carbocycles. The lowest BCUT2D eigenvalue weighted by Gasteiger charge is -2.10. The van der Waals surface area contributed by atoms with Crippen LogP contribution >= 0.6 is 0 Å². The first-order valence-corrected chi connectivity index (χ1v) is 7.27. The standard InChI is InChI=1S/C12H18N2O4S/c1-5-9(4)13-19(17,18)10-6-11(12(15)16)14(7-10)8(2)3/h5-9,13H,1H2,2-4H3,(H,15,16). The van der Waals surface area contributed by atoms with Crippen LogP contribution in [-0.4, -0.2) is 30.1 Å². The number of carbonyl (C=O) groups is 1. The Labute approximate surface area is 112 Å². The summed E-state index contributed by atoms with van der Waals surface area (Å²) in [4.78, 5) is 11.0. The maximum Gasteiger partial charge on any atom is 0.352 e. The molecule has 0 aliphatic heterocycles. The van der Waals surface area contributed by atoms with Crippen molar-refractivity contribution in [3.8, 4) is 0 Å². The second-order valence-electron chi connectivity index (χ2n) is 4.51. The molecule has 106 valence electrons. The lowest BCUT2D eigenvalue weighted by Crippen LogP contribution is -2.30. The predicted molar refractivity (Wildman–Crippen MR) is 71.8 cm³/mol. The van der Waals surface area contributed by atoms with Gasteiger partial charge in [0.2, 0.25) is 10.0 Å². The minimum absolute atomic E-state index is 0.0540. The van der Waals surface area contributed by atoms with Crippen LogP contribution in [0.5, 0.6) is 0 Å². The summed E-state index contributed by atoms with van der Waals surface area (Å²) in [6, 6.07) is 0.577. The molecule has 2 N–H and O–H groups in total. The number of nitrogens with zero attached hydrogens (tertiary/aromatic N) is 1. The van der Waals surface area contributed by atoms with E-state index in [-0.39, 0.29) is 16.6 Å². The summed E-state index contributed by atoms with van der Waals surface area (Å²) in [6.45, 7) is 8.69. The molecule has 7 heteroatoms. The third-order valence-corrected chi connectivity index (χ3v) is 4.13. The van der Waals surface area contributed by atoms with Crippen molar-refractivity contribution < 1.29 is 18.3 Å². The highest BCUT2D eigenvalue weighted by Gasteiger charge is 2.23. The molecule has 1 heterocycles. The van der Waals surface area contributed by atoms with E-state index < -0.39 is 22.0 Å². The Hall–Kier alpha value is -1.60. The molecule has 0 saturated heterocycles. The molecule has 0 spiro atoms. The molecule has 1 aromatic heterocycles. The molecule has 6 nitrogen and oxygen atoms in total. The fraction of sp³-hybridized carbons (Fsp3) is 0.417. The van der Waals surface area contributed by atoms with E-state index in [2.05, 4.69) is 11.3 Å². The lowest BCUT2D eigenvalue weighted by atomic mass is 10.3. The molecular formula is C12H18N2O4S. The number of sulfonamides is 1. The Morgan fingerprint density at radius 1 is 1.47 bits per heavy atom. The van der Waals surface area contributed by atoms with E-state index in [1.165, 1.54) is 16.8 Å². The van der Waals surface area contributed by atoms with E-state index in [1.54, 1.807) is 20.8 Å². The Balaban J connectivity index is 3.25. The zero-order valence-corrected chi connectivity index (χ0v) is 11.9. The second kappa shape index (κ2) is 5.58. The minimum atomic E-state index is -3.75. The SMILES string of the molecule is C=CC(C)NS(=O)(=O)c1cc(C(=O)O)n(C(C)C)c1. The van der Waals surface area contributed by atoms with Crippen molar-refractivity contribution >= 4 is 16.0 Å². The molecule has 0 aliphatic rings. The first-order chi connectivity index (χ1) is 8.69. The number of carboxylic acid groups (broad SMARTS) is 1. The quantitative estimate of drug-likeness (QED) is 0.778. The molecule has 0 amide bonds. The van der Waals surface area contributed by atoms with Crippen molar-refractivity contribution in [1.82, 2.24) is 9.29 Å². The highest BCUT2D eigenvalue weighted by atomic mass is 32.2. The van der Waals surface area contributed by atoms with Crippen molar-refractivity contribution in [3.63, 3.8) is 0 Å². The van der Waals surface area contributed by atoms with Crippen LogP contribution < -0.4 is 4.72 Å². The van der Waals surface area contributed by atoms with E-state index >= 15 is 0 Å². The predicted octanol–water partition coefficient (Wildman–Crippen LogP) is 1.62. The van der Waals surface area contributed by atoms with E-state index in [9.17, 15) is 13.2 Å². The molecule has 0 fully saturated rings. The van der Waals surface area contributed by atoms with Crippen LogP contribution in [0, 0.1) is 0 Å². The van der Waals surface area contributed by atoms with Crippen molar-refractivity contribution in [1.29, 1.82) is 0 Å². The number of hydrogen-bond acceptors (Lipinski definition) is 3. The number of aromatic carboxylic acids is 1. The molecule has 0 radical (unpaired) electrons. The fourth-order valence-corrected chi connectivity index (χ4v) is 2.80. The van der Waals surface area contributed by atoms with Crippen LogP contribution in [0.25, 0.3) is 0 Å². The van der Waals surface area contributed by atoms with Gasteiger partial charge in [0.15, 0.2) is 0 Å². The number of nitrogens with one attached hydrogen (secondary N) is 1. The average molecular weight is 286 g/mol. The summed E-state index contributed by atoms with van der Waals surface area (Å²) in [7, 11) is -3.75. The normalized spacial score (nSPS) is 13.5. The van der Waals surface area contributed by atoms with Crippen molar-refractivity contribution in [3.05, 3.63) is 30.6 Å². The number of aromatic nitrogens is 1. The van der Waals surface area contributed by atoms with E-state index in [0.29, 0.717) is 0 Å². The van der Waals surface area contributed by atoms with Gasteiger partial charge in [0, 0.05) is 18.3 Å². The molecule has 1 unspecified atom stereocenters. The number of rotatable bonds is 6.